The lowest BCUT2D eigenvalue weighted by Gasteiger charge is -2.36. The van der Waals surface area contributed by atoms with Gasteiger partial charge in [-0.15, -0.1) is 0 Å². The van der Waals surface area contributed by atoms with Crippen LogP contribution in [0, 0.1) is 20.8 Å². The van der Waals surface area contributed by atoms with Gasteiger partial charge in [-0.1, -0.05) is 17.2 Å². The molecule has 176 valence electrons. The van der Waals surface area contributed by atoms with Crippen LogP contribution in [0.2, 0.25) is 0 Å². The van der Waals surface area contributed by atoms with Crippen LogP contribution in [0.25, 0.3) is 0 Å². The number of hydrogen-bond donors (Lipinski definition) is 2. The lowest BCUT2D eigenvalue weighted by Crippen LogP contribution is -2.56. The smallest absolute Gasteiger partial charge is 0.272 e. The molecule has 0 fully saturated rings. The number of carbonyl (C=O) groups is 3. The number of amides is 3. The molecule has 0 aromatic heterocycles. The fourth-order valence-electron chi connectivity index (χ4n) is 3.72. The van der Waals surface area contributed by atoms with Crippen LogP contribution < -0.4 is 20.2 Å². The minimum atomic E-state index is -0.809. The van der Waals surface area contributed by atoms with Crippen molar-refractivity contribution < 1.29 is 23.9 Å². The second-order valence-corrected chi connectivity index (χ2v) is 9.23. The third-order valence-electron chi connectivity index (χ3n) is 5.36. The van der Waals surface area contributed by atoms with Crippen LogP contribution in [-0.4, -0.2) is 48.0 Å². The molecule has 1 atom stereocenters. The van der Waals surface area contributed by atoms with Crippen LogP contribution in [-0.2, 0) is 4.79 Å². The first-order valence-corrected chi connectivity index (χ1v) is 10.8. The number of ether oxygens (including phenoxy) is 2. The molecule has 0 saturated heterocycles. The van der Waals surface area contributed by atoms with Crippen molar-refractivity contribution in [3.63, 3.8) is 0 Å². The van der Waals surface area contributed by atoms with Gasteiger partial charge in [0.05, 0.1) is 5.54 Å². The summed E-state index contributed by atoms with van der Waals surface area (Å²) in [6.45, 7) is 11.2. The highest BCUT2D eigenvalue weighted by molar-refractivity contribution is 6.01. The van der Waals surface area contributed by atoms with E-state index in [0.29, 0.717) is 28.2 Å². The summed E-state index contributed by atoms with van der Waals surface area (Å²) < 4.78 is 11.5. The van der Waals surface area contributed by atoms with Crippen LogP contribution in [0.4, 0.5) is 0 Å². The van der Waals surface area contributed by atoms with E-state index in [-0.39, 0.29) is 18.4 Å². The Morgan fingerprint density at radius 2 is 1.67 bits per heavy atom. The van der Waals surface area contributed by atoms with E-state index in [2.05, 4.69) is 10.7 Å². The molecule has 3 amide bonds. The van der Waals surface area contributed by atoms with E-state index >= 15 is 0 Å². The van der Waals surface area contributed by atoms with Crippen LogP contribution in [0.15, 0.2) is 30.3 Å². The molecule has 8 nitrogen and oxygen atoms in total. The molecule has 1 aliphatic heterocycles. The molecule has 0 bridgehead atoms. The Hall–Kier alpha value is -3.55. The molecule has 2 aromatic carbocycles. The minimum Gasteiger partial charge on any atom is -0.485 e. The third kappa shape index (κ3) is 5.10. The van der Waals surface area contributed by atoms with Crippen molar-refractivity contribution in [1.82, 2.24) is 15.8 Å². The van der Waals surface area contributed by atoms with Crippen molar-refractivity contribution in [2.75, 3.05) is 13.7 Å². The number of carbonyl (C=O) groups excluding carboxylic acids is 3. The van der Waals surface area contributed by atoms with Gasteiger partial charge in [0.15, 0.2) is 11.5 Å². The lowest BCUT2D eigenvalue weighted by atomic mass is 10.0. The zero-order valence-corrected chi connectivity index (χ0v) is 20.2. The monoisotopic (exact) mass is 453 g/mol. The van der Waals surface area contributed by atoms with Crippen molar-refractivity contribution in [2.24, 2.45) is 0 Å². The zero-order chi connectivity index (χ0) is 24.5. The Labute approximate surface area is 194 Å². The Morgan fingerprint density at radius 3 is 2.24 bits per heavy atom. The molecule has 0 unspecified atom stereocenters. The molecular formula is C25H31N3O5. The fraction of sp³-hybridized carbons (Fsp3) is 0.400. The van der Waals surface area contributed by atoms with E-state index in [1.54, 1.807) is 31.2 Å². The number of nitrogens with one attached hydrogen (secondary N) is 2. The summed E-state index contributed by atoms with van der Waals surface area (Å²) >= 11 is 0. The molecule has 0 radical (unpaired) electrons. The topological polar surface area (TPSA) is 97.0 Å². The fourth-order valence-corrected chi connectivity index (χ4v) is 3.72. The average Bonchev–Trinajstić information content (AvgIpc) is 2.75. The molecule has 1 aliphatic rings. The highest BCUT2D eigenvalue weighted by atomic mass is 16.6. The van der Waals surface area contributed by atoms with E-state index in [1.807, 2.05) is 40.7 Å². The van der Waals surface area contributed by atoms with Gasteiger partial charge in [-0.3, -0.25) is 19.8 Å². The van der Waals surface area contributed by atoms with E-state index in [4.69, 9.17) is 9.47 Å². The van der Waals surface area contributed by atoms with Gasteiger partial charge in [-0.2, -0.15) is 0 Å². The van der Waals surface area contributed by atoms with Gasteiger partial charge in [-0.25, -0.2) is 5.01 Å². The van der Waals surface area contributed by atoms with Crippen LogP contribution in [0.5, 0.6) is 11.5 Å². The number of hydrogen-bond acceptors (Lipinski definition) is 5. The second-order valence-electron chi connectivity index (χ2n) is 9.23. The van der Waals surface area contributed by atoms with E-state index in [1.165, 1.54) is 12.1 Å². The standard InChI is InChI=1S/C25H31N3O5/c1-14-10-15(2)12-17(11-14)24(31)28(25(4,5)6)27-22(29)18-8-9-19-21(16(18)3)33-20(13-32-19)23(30)26-7/h8-12,20H,13H2,1-7H3,(H,26,30)(H,27,29)/t20-/m1/s1. The van der Waals surface area contributed by atoms with Gasteiger partial charge in [0.25, 0.3) is 17.7 Å². The largest absolute Gasteiger partial charge is 0.485 e. The molecule has 33 heavy (non-hydrogen) atoms. The Bertz CT molecular complexity index is 1080. The van der Waals surface area contributed by atoms with Gasteiger partial charge in [-0.05, 0) is 65.8 Å². The van der Waals surface area contributed by atoms with E-state index < -0.39 is 17.6 Å². The maximum absolute atomic E-state index is 13.4. The number of aryl methyl sites for hydroxylation is 2. The van der Waals surface area contributed by atoms with E-state index in [0.717, 1.165) is 11.1 Å². The highest BCUT2D eigenvalue weighted by Gasteiger charge is 2.32. The maximum atomic E-state index is 13.4. The number of rotatable bonds is 3. The number of likely N-dealkylation sites (N-methyl/N-ethyl adjacent to an activating group) is 1. The number of nitrogens with zero attached hydrogens (tertiary/aromatic N) is 1. The minimum absolute atomic E-state index is 0.0832. The summed E-state index contributed by atoms with van der Waals surface area (Å²) in [5.41, 5.74) is 5.35. The van der Waals surface area contributed by atoms with Crippen molar-refractivity contribution in [3.8, 4) is 11.5 Å². The Balaban J connectivity index is 1.91. The molecule has 1 heterocycles. The summed E-state index contributed by atoms with van der Waals surface area (Å²) in [5, 5.41) is 3.87. The van der Waals surface area contributed by atoms with Crippen LogP contribution in [0.1, 0.15) is 58.2 Å². The number of hydrazine groups is 1. The highest BCUT2D eigenvalue weighted by Crippen LogP contribution is 2.37. The molecule has 0 aliphatic carbocycles. The first-order valence-electron chi connectivity index (χ1n) is 10.8. The Kier molecular flexibility index (Phi) is 6.67. The molecule has 0 saturated carbocycles. The normalized spacial score (nSPS) is 14.9. The summed E-state index contributed by atoms with van der Waals surface area (Å²) in [6.07, 6.45) is -0.809. The first-order chi connectivity index (χ1) is 15.4. The lowest BCUT2D eigenvalue weighted by molar-refractivity contribution is -0.129. The summed E-state index contributed by atoms with van der Waals surface area (Å²) in [7, 11) is 1.52. The van der Waals surface area contributed by atoms with Gasteiger partial charge in [0.1, 0.15) is 6.61 Å². The van der Waals surface area contributed by atoms with Crippen molar-refractivity contribution in [2.45, 2.75) is 53.2 Å². The summed E-state index contributed by atoms with van der Waals surface area (Å²) in [4.78, 5) is 38.6. The van der Waals surface area contributed by atoms with Gasteiger partial charge in [0, 0.05) is 23.7 Å². The predicted molar refractivity (Wildman–Crippen MR) is 124 cm³/mol. The Morgan fingerprint density at radius 1 is 1.03 bits per heavy atom. The van der Waals surface area contributed by atoms with Crippen LogP contribution in [0.3, 0.4) is 0 Å². The molecular weight excluding hydrogens is 422 g/mol. The predicted octanol–water partition coefficient (Wildman–Crippen LogP) is 3.08. The van der Waals surface area contributed by atoms with Gasteiger partial charge < -0.3 is 14.8 Å². The summed E-state index contributed by atoms with van der Waals surface area (Å²) in [5.74, 6) is -0.285. The van der Waals surface area contributed by atoms with E-state index in [9.17, 15) is 14.4 Å². The quantitative estimate of drug-likeness (QED) is 0.696. The molecule has 2 N–H and O–H groups in total. The zero-order valence-electron chi connectivity index (χ0n) is 20.2. The van der Waals surface area contributed by atoms with Crippen LogP contribution >= 0.6 is 0 Å². The molecule has 2 aromatic rings. The van der Waals surface area contributed by atoms with Gasteiger partial charge in [0.2, 0.25) is 6.10 Å². The third-order valence-corrected chi connectivity index (χ3v) is 5.36. The van der Waals surface area contributed by atoms with Crippen molar-refractivity contribution in [1.29, 1.82) is 0 Å². The molecule has 3 rings (SSSR count). The molecule has 0 spiro atoms. The van der Waals surface area contributed by atoms with Crippen molar-refractivity contribution in [3.05, 3.63) is 58.1 Å². The molecule has 8 heteroatoms. The first kappa shape index (κ1) is 24.1. The maximum Gasteiger partial charge on any atom is 0.272 e. The number of fused-ring (bicyclic) bond motifs is 1. The average molecular weight is 454 g/mol. The SMILES string of the molecule is CNC(=O)[C@H]1COc2ccc(C(=O)NN(C(=O)c3cc(C)cc(C)c3)C(C)(C)C)c(C)c2O1. The van der Waals surface area contributed by atoms with Gasteiger partial charge >= 0.3 is 0 Å². The summed E-state index contributed by atoms with van der Waals surface area (Å²) in [6, 6.07) is 8.84. The van der Waals surface area contributed by atoms with Crippen molar-refractivity contribution >= 4 is 17.7 Å². The second kappa shape index (κ2) is 9.13. The number of benzene rings is 2.